The van der Waals surface area contributed by atoms with E-state index in [4.69, 9.17) is 4.74 Å². The normalized spacial score (nSPS) is 28.3. The molecule has 4 nitrogen and oxygen atoms in total. The second kappa shape index (κ2) is 8.46. The second-order valence-corrected chi connectivity index (χ2v) is 6.74. The number of hydrogen-bond donors (Lipinski definition) is 2. The largest absolute Gasteiger partial charge is 0.373 e. The average molecular weight is 316 g/mol. The third-order valence-corrected chi connectivity index (χ3v) is 5.04. The minimum absolute atomic E-state index is 0.0596. The van der Waals surface area contributed by atoms with Gasteiger partial charge in [-0.1, -0.05) is 30.3 Å². The minimum atomic E-state index is -0.0960. The van der Waals surface area contributed by atoms with Crippen molar-refractivity contribution >= 4 is 5.91 Å². The van der Waals surface area contributed by atoms with Crippen molar-refractivity contribution in [1.82, 2.24) is 10.6 Å². The molecule has 1 amide bonds. The molecule has 1 aromatic rings. The van der Waals surface area contributed by atoms with Gasteiger partial charge in [0.15, 0.2) is 0 Å². The van der Waals surface area contributed by atoms with Gasteiger partial charge in [-0.25, -0.2) is 0 Å². The molecule has 3 atom stereocenters. The van der Waals surface area contributed by atoms with Gasteiger partial charge in [0.25, 0.3) is 0 Å². The van der Waals surface area contributed by atoms with E-state index >= 15 is 0 Å². The van der Waals surface area contributed by atoms with Crippen LogP contribution in [0.4, 0.5) is 0 Å². The van der Waals surface area contributed by atoms with E-state index in [0.717, 1.165) is 51.1 Å². The van der Waals surface area contributed by atoms with E-state index in [-0.39, 0.29) is 17.9 Å². The molecule has 1 aromatic carbocycles. The van der Waals surface area contributed by atoms with Crippen molar-refractivity contribution in [2.75, 3.05) is 26.2 Å². The maximum Gasteiger partial charge on any atom is 0.226 e. The number of amides is 1. The first kappa shape index (κ1) is 16.5. The van der Waals surface area contributed by atoms with E-state index in [2.05, 4.69) is 22.8 Å². The maximum atomic E-state index is 12.6. The van der Waals surface area contributed by atoms with Crippen LogP contribution in [0, 0.1) is 11.8 Å². The fraction of sp³-hybridized carbons (Fsp3) is 0.632. The van der Waals surface area contributed by atoms with Crippen molar-refractivity contribution in [3.8, 4) is 0 Å². The summed E-state index contributed by atoms with van der Waals surface area (Å²) >= 11 is 0. The highest BCUT2D eigenvalue weighted by Gasteiger charge is 2.32. The predicted octanol–water partition coefficient (Wildman–Crippen LogP) is 2.66. The van der Waals surface area contributed by atoms with E-state index in [1.165, 1.54) is 12.8 Å². The number of carbonyl (C=O) groups is 1. The fourth-order valence-corrected chi connectivity index (χ4v) is 3.72. The molecular weight excluding hydrogens is 288 g/mol. The van der Waals surface area contributed by atoms with Crippen molar-refractivity contribution in [2.45, 2.75) is 38.2 Å². The number of carbonyl (C=O) groups excluding carboxylic acids is 1. The first-order valence-electron chi connectivity index (χ1n) is 8.99. The second-order valence-electron chi connectivity index (χ2n) is 6.74. The molecule has 3 rings (SSSR count). The molecule has 2 fully saturated rings. The number of benzene rings is 1. The zero-order valence-corrected chi connectivity index (χ0v) is 13.8. The van der Waals surface area contributed by atoms with Crippen LogP contribution in [0.15, 0.2) is 30.3 Å². The van der Waals surface area contributed by atoms with Crippen LogP contribution in [0.5, 0.6) is 0 Å². The molecule has 2 heterocycles. The van der Waals surface area contributed by atoms with Gasteiger partial charge >= 0.3 is 0 Å². The lowest BCUT2D eigenvalue weighted by Crippen LogP contribution is -2.39. The van der Waals surface area contributed by atoms with Gasteiger partial charge in [0.05, 0.1) is 12.0 Å². The summed E-state index contributed by atoms with van der Waals surface area (Å²) in [5, 5.41) is 6.58. The molecule has 2 N–H and O–H groups in total. The predicted molar refractivity (Wildman–Crippen MR) is 91.1 cm³/mol. The van der Waals surface area contributed by atoms with E-state index in [9.17, 15) is 4.79 Å². The lowest BCUT2D eigenvalue weighted by atomic mass is 9.88. The molecule has 0 bridgehead atoms. The van der Waals surface area contributed by atoms with Crippen LogP contribution in [-0.2, 0) is 9.53 Å². The summed E-state index contributed by atoms with van der Waals surface area (Å²) in [7, 11) is 0. The molecule has 0 aliphatic carbocycles. The zero-order valence-electron chi connectivity index (χ0n) is 13.8. The molecule has 4 heteroatoms. The van der Waals surface area contributed by atoms with Gasteiger partial charge in [-0.05, 0) is 56.7 Å². The van der Waals surface area contributed by atoms with E-state index in [1.54, 1.807) is 0 Å². The van der Waals surface area contributed by atoms with Crippen LogP contribution in [0.2, 0.25) is 0 Å². The van der Waals surface area contributed by atoms with Crippen LogP contribution in [0.25, 0.3) is 0 Å². The smallest absolute Gasteiger partial charge is 0.226 e. The van der Waals surface area contributed by atoms with E-state index in [1.807, 2.05) is 18.2 Å². The Kier molecular flexibility index (Phi) is 6.06. The molecule has 23 heavy (non-hydrogen) atoms. The first-order valence-corrected chi connectivity index (χ1v) is 8.99. The maximum absolute atomic E-state index is 12.6. The molecule has 2 aliphatic heterocycles. The zero-order chi connectivity index (χ0) is 15.9. The fourth-order valence-electron chi connectivity index (χ4n) is 3.72. The van der Waals surface area contributed by atoms with Gasteiger partial charge in [-0.15, -0.1) is 0 Å². The van der Waals surface area contributed by atoms with Crippen molar-refractivity contribution in [1.29, 1.82) is 0 Å². The molecule has 0 spiro atoms. The van der Waals surface area contributed by atoms with Crippen LogP contribution >= 0.6 is 0 Å². The number of hydrogen-bond acceptors (Lipinski definition) is 3. The summed E-state index contributed by atoms with van der Waals surface area (Å²) < 4.78 is 5.92. The molecule has 126 valence electrons. The van der Waals surface area contributed by atoms with Crippen LogP contribution < -0.4 is 10.6 Å². The lowest BCUT2D eigenvalue weighted by molar-refractivity contribution is -0.134. The summed E-state index contributed by atoms with van der Waals surface area (Å²) in [6.45, 7) is 3.76. The van der Waals surface area contributed by atoms with Crippen molar-refractivity contribution in [2.24, 2.45) is 11.8 Å². The average Bonchev–Trinajstić information content (AvgIpc) is 2.63. The Morgan fingerprint density at radius 1 is 1.22 bits per heavy atom. The van der Waals surface area contributed by atoms with Crippen LogP contribution in [-0.4, -0.2) is 32.1 Å². The van der Waals surface area contributed by atoms with Crippen molar-refractivity contribution in [3.63, 3.8) is 0 Å². The Labute approximate surface area is 139 Å². The summed E-state index contributed by atoms with van der Waals surface area (Å²) in [5.74, 6) is 0.800. The van der Waals surface area contributed by atoms with Gasteiger partial charge in [0.2, 0.25) is 5.91 Å². The quantitative estimate of drug-likeness (QED) is 0.878. The highest BCUT2D eigenvalue weighted by molar-refractivity contribution is 5.79. The molecule has 0 saturated carbocycles. The van der Waals surface area contributed by atoms with Crippen molar-refractivity contribution in [3.05, 3.63) is 35.9 Å². The summed E-state index contributed by atoms with van der Waals surface area (Å²) in [6.07, 6.45) is 5.39. The third-order valence-electron chi connectivity index (χ3n) is 5.04. The standard InChI is InChI=1S/C19H28N2O2/c22-19(21-12-10-15-6-4-11-20-14-15)17-9-5-13-23-18(17)16-7-2-1-3-8-16/h1-3,7-8,15,17-18,20H,4-6,9-14H2,(H,21,22). The van der Waals surface area contributed by atoms with Gasteiger partial charge in [-0.3, -0.25) is 4.79 Å². The molecule has 2 saturated heterocycles. The van der Waals surface area contributed by atoms with Gasteiger partial charge < -0.3 is 15.4 Å². The Hall–Kier alpha value is -1.39. The summed E-state index contributed by atoms with van der Waals surface area (Å²) in [4.78, 5) is 12.6. The number of rotatable bonds is 5. The Morgan fingerprint density at radius 3 is 2.87 bits per heavy atom. The molecule has 0 radical (unpaired) electrons. The van der Waals surface area contributed by atoms with E-state index in [0.29, 0.717) is 5.92 Å². The third kappa shape index (κ3) is 4.55. The Balaban J connectivity index is 1.52. The molecule has 0 aromatic heterocycles. The van der Waals surface area contributed by atoms with Crippen molar-refractivity contribution < 1.29 is 9.53 Å². The number of nitrogens with one attached hydrogen (secondary N) is 2. The van der Waals surface area contributed by atoms with Gasteiger partial charge in [-0.2, -0.15) is 0 Å². The van der Waals surface area contributed by atoms with Crippen LogP contribution in [0.3, 0.4) is 0 Å². The monoisotopic (exact) mass is 316 g/mol. The number of ether oxygens (including phenoxy) is 1. The summed E-state index contributed by atoms with van der Waals surface area (Å²) in [5.41, 5.74) is 1.11. The molecule has 3 unspecified atom stereocenters. The van der Waals surface area contributed by atoms with Crippen LogP contribution in [0.1, 0.15) is 43.8 Å². The Bertz CT molecular complexity index is 485. The minimum Gasteiger partial charge on any atom is -0.373 e. The SMILES string of the molecule is O=C(NCCC1CCCNC1)C1CCCOC1c1ccccc1. The lowest BCUT2D eigenvalue weighted by Gasteiger charge is -2.31. The van der Waals surface area contributed by atoms with Gasteiger partial charge in [0.1, 0.15) is 0 Å². The highest BCUT2D eigenvalue weighted by Crippen LogP contribution is 2.33. The van der Waals surface area contributed by atoms with Gasteiger partial charge in [0, 0.05) is 13.2 Å². The highest BCUT2D eigenvalue weighted by atomic mass is 16.5. The van der Waals surface area contributed by atoms with E-state index < -0.39 is 0 Å². The summed E-state index contributed by atoms with van der Waals surface area (Å²) in [6, 6.07) is 10.1. The topological polar surface area (TPSA) is 50.4 Å². The Morgan fingerprint density at radius 2 is 2.09 bits per heavy atom. The molecular formula is C19H28N2O2. The molecule has 2 aliphatic rings. The number of piperidine rings is 1. The first-order chi connectivity index (χ1) is 11.3.